The molecule has 8 nitrogen and oxygen atoms in total. The number of piperazine rings is 1. The zero-order valence-electron chi connectivity index (χ0n) is 20.3. The molecular weight excluding hydrogens is 446 g/mol. The highest BCUT2D eigenvalue weighted by Gasteiger charge is 2.32. The highest BCUT2D eigenvalue weighted by Crippen LogP contribution is 2.26. The molecule has 1 aliphatic rings. The lowest BCUT2D eigenvalue weighted by molar-refractivity contribution is -0.384. The number of carbonyl (C=O) groups excluding carboxylic acids is 1. The molecule has 1 aromatic heterocycles. The number of amides is 1. The fourth-order valence-electron chi connectivity index (χ4n) is 4.24. The summed E-state index contributed by atoms with van der Waals surface area (Å²) in [5.74, 6) is 1.48. The lowest BCUT2D eigenvalue weighted by Crippen LogP contribution is -2.55. The Bertz CT molecular complexity index is 1150. The van der Waals surface area contributed by atoms with Gasteiger partial charge in [0.1, 0.15) is 17.1 Å². The average molecular weight is 478 g/mol. The van der Waals surface area contributed by atoms with Crippen molar-refractivity contribution in [3.8, 4) is 11.3 Å². The minimum atomic E-state index is -0.536. The molecule has 1 fully saturated rings. The van der Waals surface area contributed by atoms with Crippen LogP contribution in [0.2, 0.25) is 0 Å². The molecule has 35 heavy (non-hydrogen) atoms. The van der Waals surface area contributed by atoms with Gasteiger partial charge < -0.3 is 14.1 Å². The van der Waals surface area contributed by atoms with Crippen molar-refractivity contribution in [2.75, 3.05) is 19.6 Å². The molecule has 0 saturated carbocycles. The van der Waals surface area contributed by atoms with Gasteiger partial charge in [0, 0.05) is 43.4 Å². The van der Waals surface area contributed by atoms with Crippen molar-refractivity contribution in [2.24, 2.45) is 0 Å². The third-order valence-corrected chi connectivity index (χ3v) is 5.95. The summed E-state index contributed by atoms with van der Waals surface area (Å²) < 4.78 is 11.7. The zero-order chi connectivity index (χ0) is 25.0. The highest BCUT2D eigenvalue weighted by molar-refractivity contribution is 5.68. The molecule has 2 heterocycles. The van der Waals surface area contributed by atoms with Crippen LogP contribution in [-0.2, 0) is 17.7 Å². The van der Waals surface area contributed by atoms with E-state index in [-0.39, 0.29) is 17.8 Å². The van der Waals surface area contributed by atoms with Gasteiger partial charge >= 0.3 is 6.09 Å². The van der Waals surface area contributed by atoms with Crippen LogP contribution in [0.25, 0.3) is 11.3 Å². The van der Waals surface area contributed by atoms with Gasteiger partial charge in [0.2, 0.25) is 0 Å². The highest BCUT2D eigenvalue weighted by atomic mass is 16.6. The Morgan fingerprint density at radius 2 is 1.77 bits per heavy atom. The van der Waals surface area contributed by atoms with Crippen molar-refractivity contribution in [1.82, 2.24) is 9.80 Å². The third kappa shape index (κ3) is 6.48. The molecule has 1 aliphatic heterocycles. The number of nitro benzene ring substituents is 1. The van der Waals surface area contributed by atoms with Crippen molar-refractivity contribution in [1.29, 1.82) is 0 Å². The fourth-order valence-corrected chi connectivity index (χ4v) is 4.24. The molecule has 0 radical (unpaired) electrons. The van der Waals surface area contributed by atoms with E-state index in [0.29, 0.717) is 31.9 Å². The van der Waals surface area contributed by atoms with Crippen molar-refractivity contribution in [2.45, 2.75) is 45.4 Å². The van der Waals surface area contributed by atoms with Crippen LogP contribution in [-0.4, -0.2) is 52.1 Å². The number of nitrogens with zero attached hydrogens (tertiary/aromatic N) is 3. The van der Waals surface area contributed by atoms with Crippen molar-refractivity contribution in [3.63, 3.8) is 0 Å². The molecule has 1 saturated heterocycles. The maximum atomic E-state index is 12.7. The van der Waals surface area contributed by atoms with Gasteiger partial charge in [-0.05, 0) is 57.0 Å². The fraction of sp³-hybridized carbons (Fsp3) is 0.370. The summed E-state index contributed by atoms with van der Waals surface area (Å²) in [7, 11) is 0. The van der Waals surface area contributed by atoms with E-state index in [1.54, 1.807) is 17.0 Å². The Labute approximate surface area is 205 Å². The van der Waals surface area contributed by atoms with Crippen LogP contribution in [0, 0.1) is 10.1 Å². The van der Waals surface area contributed by atoms with Gasteiger partial charge in [0.15, 0.2) is 0 Å². The van der Waals surface area contributed by atoms with Crippen molar-refractivity contribution < 1.29 is 18.9 Å². The Morgan fingerprint density at radius 3 is 2.43 bits per heavy atom. The van der Waals surface area contributed by atoms with E-state index in [2.05, 4.69) is 17.0 Å². The average Bonchev–Trinajstić information content (AvgIpc) is 3.28. The molecule has 0 spiro atoms. The number of furan rings is 1. The van der Waals surface area contributed by atoms with Crippen LogP contribution in [0.3, 0.4) is 0 Å². The van der Waals surface area contributed by atoms with E-state index < -0.39 is 10.5 Å². The first kappa shape index (κ1) is 24.5. The predicted molar refractivity (Wildman–Crippen MR) is 133 cm³/mol. The second-order valence-corrected chi connectivity index (χ2v) is 9.81. The topological polar surface area (TPSA) is 89.1 Å². The summed E-state index contributed by atoms with van der Waals surface area (Å²) in [5, 5.41) is 10.9. The second-order valence-electron chi connectivity index (χ2n) is 9.81. The largest absolute Gasteiger partial charge is 0.460 e. The number of rotatable bonds is 6. The van der Waals surface area contributed by atoms with Crippen LogP contribution in [0.15, 0.2) is 71.1 Å². The molecule has 1 atom stereocenters. The van der Waals surface area contributed by atoms with E-state index in [9.17, 15) is 14.9 Å². The minimum absolute atomic E-state index is 0.0483. The molecule has 0 bridgehead atoms. The number of ether oxygens (including phenoxy) is 1. The van der Waals surface area contributed by atoms with Crippen molar-refractivity contribution >= 4 is 11.8 Å². The molecule has 0 N–H and O–H groups in total. The van der Waals surface area contributed by atoms with Crippen LogP contribution >= 0.6 is 0 Å². The van der Waals surface area contributed by atoms with Crippen molar-refractivity contribution in [3.05, 3.63) is 88.2 Å². The normalized spacial score (nSPS) is 16.8. The second kappa shape index (κ2) is 10.3. The summed E-state index contributed by atoms with van der Waals surface area (Å²) in [6, 6.07) is 20.5. The van der Waals surface area contributed by atoms with Gasteiger partial charge in [-0.2, -0.15) is 0 Å². The summed E-state index contributed by atoms with van der Waals surface area (Å²) in [6.45, 7) is 8.08. The van der Waals surface area contributed by atoms with Gasteiger partial charge in [0.25, 0.3) is 5.69 Å². The van der Waals surface area contributed by atoms with Crippen LogP contribution < -0.4 is 0 Å². The van der Waals surface area contributed by atoms with Gasteiger partial charge in [-0.1, -0.05) is 30.3 Å². The molecule has 3 aromatic rings. The molecular formula is C27H31N3O5. The number of hydrogen-bond donors (Lipinski definition) is 0. The van der Waals surface area contributed by atoms with Gasteiger partial charge in [-0.15, -0.1) is 0 Å². The number of hydrogen-bond acceptors (Lipinski definition) is 6. The minimum Gasteiger partial charge on any atom is -0.460 e. The number of carbonyl (C=O) groups is 1. The van der Waals surface area contributed by atoms with Crippen LogP contribution in [0.4, 0.5) is 10.5 Å². The number of non-ortho nitro benzene ring substituents is 1. The maximum Gasteiger partial charge on any atom is 0.410 e. The maximum absolute atomic E-state index is 12.7. The molecule has 0 unspecified atom stereocenters. The lowest BCUT2D eigenvalue weighted by atomic mass is 10.0. The molecule has 0 aliphatic carbocycles. The first-order valence-electron chi connectivity index (χ1n) is 11.8. The van der Waals surface area contributed by atoms with E-state index in [4.69, 9.17) is 9.15 Å². The van der Waals surface area contributed by atoms with E-state index in [0.717, 1.165) is 17.7 Å². The third-order valence-electron chi connectivity index (χ3n) is 5.95. The SMILES string of the molecule is CC(C)(C)OC(=O)N1CCN(Cc2ccc(-c3ccc([N+](=O)[O-])cc3)o2)[C@H](Cc2ccccc2)C1. The summed E-state index contributed by atoms with van der Waals surface area (Å²) in [4.78, 5) is 27.4. The van der Waals surface area contributed by atoms with E-state index in [1.165, 1.54) is 17.7 Å². The Hall–Kier alpha value is -3.65. The smallest absolute Gasteiger partial charge is 0.410 e. The molecule has 8 heteroatoms. The van der Waals surface area contributed by atoms with Gasteiger partial charge in [-0.3, -0.25) is 15.0 Å². The quantitative estimate of drug-likeness (QED) is 0.343. The summed E-state index contributed by atoms with van der Waals surface area (Å²) >= 11 is 0. The molecule has 4 rings (SSSR count). The molecule has 184 valence electrons. The first-order valence-corrected chi connectivity index (χ1v) is 11.8. The van der Waals surface area contributed by atoms with E-state index >= 15 is 0 Å². The first-order chi connectivity index (χ1) is 16.7. The monoisotopic (exact) mass is 477 g/mol. The Morgan fingerprint density at radius 1 is 1.06 bits per heavy atom. The molecule has 2 aromatic carbocycles. The standard InChI is InChI=1S/C27H31N3O5/c1-27(2,3)35-26(31)29-16-15-28(23(18-29)17-20-7-5-4-6-8-20)19-24-13-14-25(34-24)21-9-11-22(12-10-21)30(32)33/h4-14,23H,15-19H2,1-3H3/t23-/m1/s1. The Kier molecular flexibility index (Phi) is 7.21. The lowest BCUT2D eigenvalue weighted by Gasteiger charge is -2.41. The van der Waals surface area contributed by atoms with Crippen LogP contribution in [0.5, 0.6) is 0 Å². The predicted octanol–water partition coefficient (Wildman–Crippen LogP) is 5.52. The van der Waals surface area contributed by atoms with Gasteiger partial charge in [-0.25, -0.2) is 4.79 Å². The zero-order valence-corrected chi connectivity index (χ0v) is 20.3. The number of nitro groups is 1. The molecule has 1 amide bonds. The van der Waals surface area contributed by atoms with E-state index in [1.807, 2.05) is 51.1 Å². The number of benzene rings is 2. The van der Waals surface area contributed by atoms with Gasteiger partial charge in [0.05, 0.1) is 11.5 Å². The van der Waals surface area contributed by atoms with Crippen LogP contribution in [0.1, 0.15) is 32.1 Å². The Balaban J connectivity index is 1.48. The summed E-state index contributed by atoms with van der Waals surface area (Å²) in [6.07, 6.45) is 0.518. The summed E-state index contributed by atoms with van der Waals surface area (Å²) in [5.41, 5.74) is 1.51.